The zero-order chi connectivity index (χ0) is 30.0. The maximum atomic E-state index is 12.6. The Morgan fingerprint density at radius 3 is 1.40 bits per heavy atom. The third-order valence-electron chi connectivity index (χ3n) is 6.29. The third-order valence-corrected chi connectivity index (χ3v) is 6.29. The molecule has 234 valence electrons. The number of unbranched alkanes of at least 4 members (excludes halogenated alkanes) is 4. The van der Waals surface area contributed by atoms with E-state index in [4.69, 9.17) is 18.9 Å². The molecule has 0 saturated carbocycles. The molecule has 0 aromatic carbocycles. The summed E-state index contributed by atoms with van der Waals surface area (Å²) in [5, 5.41) is 6.34. The van der Waals surface area contributed by atoms with E-state index in [9.17, 15) is 19.2 Å². The van der Waals surface area contributed by atoms with Crippen molar-refractivity contribution in [2.75, 3.05) is 39.5 Å². The smallest absolute Gasteiger partial charge is 0.323 e. The Kier molecular flexibility index (Phi) is 24.3. The van der Waals surface area contributed by atoms with Gasteiger partial charge < -0.3 is 29.6 Å². The highest BCUT2D eigenvalue weighted by atomic mass is 16.5. The van der Waals surface area contributed by atoms with Gasteiger partial charge in [-0.25, -0.2) is 0 Å². The first-order chi connectivity index (χ1) is 19.3. The monoisotopic (exact) mass is 572 g/mol. The molecule has 0 saturated heterocycles. The number of carbonyl (C=O) groups excluding carboxylic acids is 4. The second kappa shape index (κ2) is 25.7. The standard InChI is InChI=1S/C30H56N2O8/c1-6-10-17-37-27(33)21-25(29(35)39-19-12-8-3)31-16-14-15-24(5)23-32-26(30(36)40-20-13-9-4)22-28(34)38-18-11-7-2/h24-26,31-32H,6-23H2,1-5H3. The number of esters is 4. The maximum Gasteiger partial charge on any atom is 0.323 e. The normalized spacial score (nSPS) is 13.2. The average Bonchev–Trinajstić information content (AvgIpc) is 2.93. The van der Waals surface area contributed by atoms with Crippen LogP contribution in [0.3, 0.4) is 0 Å². The lowest BCUT2D eigenvalue weighted by Crippen LogP contribution is -2.42. The van der Waals surface area contributed by atoms with Crippen LogP contribution in [0.15, 0.2) is 0 Å². The summed E-state index contributed by atoms with van der Waals surface area (Å²) in [5.41, 5.74) is 0. The van der Waals surface area contributed by atoms with Crippen LogP contribution >= 0.6 is 0 Å². The van der Waals surface area contributed by atoms with E-state index in [1.165, 1.54) is 0 Å². The van der Waals surface area contributed by atoms with Crippen LogP contribution in [-0.4, -0.2) is 75.5 Å². The van der Waals surface area contributed by atoms with Gasteiger partial charge in [0.2, 0.25) is 0 Å². The Labute approximate surface area is 242 Å². The van der Waals surface area contributed by atoms with Crippen LogP contribution in [0.25, 0.3) is 0 Å². The van der Waals surface area contributed by atoms with Crippen LogP contribution in [-0.2, 0) is 38.1 Å². The summed E-state index contributed by atoms with van der Waals surface area (Å²) in [7, 11) is 0. The number of hydrogen-bond donors (Lipinski definition) is 2. The van der Waals surface area contributed by atoms with E-state index in [0.717, 1.165) is 64.2 Å². The molecule has 0 aliphatic rings. The van der Waals surface area contributed by atoms with Crippen molar-refractivity contribution < 1.29 is 38.1 Å². The fourth-order valence-corrected chi connectivity index (χ4v) is 3.60. The molecule has 0 aromatic heterocycles. The van der Waals surface area contributed by atoms with Crippen LogP contribution in [0.2, 0.25) is 0 Å². The topological polar surface area (TPSA) is 129 Å². The van der Waals surface area contributed by atoms with Crippen LogP contribution in [0.1, 0.15) is 112 Å². The summed E-state index contributed by atoms with van der Waals surface area (Å²) in [6, 6.07) is -1.51. The van der Waals surface area contributed by atoms with Gasteiger partial charge in [-0.2, -0.15) is 0 Å². The van der Waals surface area contributed by atoms with Gasteiger partial charge in [0.05, 0.1) is 39.3 Å². The molecule has 3 unspecified atom stereocenters. The predicted molar refractivity (Wildman–Crippen MR) is 155 cm³/mol. The van der Waals surface area contributed by atoms with Crippen molar-refractivity contribution in [1.29, 1.82) is 0 Å². The van der Waals surface area contributed by atoms with E-state index in [2.05, 4.69) is 10.6 Å². The van der Waals surface area contributed by atoms with Crippen molar-refractivity contribution in [3.63, 3.8) is 0 Å². The van der Waals surface area contributed by atoms with E-state index < -0.39 is 36.0 Å². The van der Waals surface area contributed by atoms with Crippen molar-refractivity contribution in [2.24, 2.45) is 5.92 Å². The number of nitrogens with one attached hydrogen (secondary N) is 2. The Morgan fingerprint density at radius 2 is 0.975 bits per heavy atom. The third kappa shape index (κ3) is 20.7. The van der Waals surface area contributed by atoms with Gasteiger partial charge in [-0.3, -0.25) is 19.2 Å². The molecule has 0 aliphatic carbocycles. The van der Waals surface area contributed by atoms with Gasteiger partial charge in [-0.15, -0.1) is 0 Å². The molecule has 10 heteroatoms. The lowest BCUT2D eigenvalue weighted by Gasteiger charge is -2.20. The van der Waals surface area contributed by atoms with E-state index in [0.29, 0.717) is 39.5 Å². The molecule has 0 aromatic rings. The lowest BCUT2D eigenvalue weighted by atomic mass is 10.0. The highest BCUT2D eigenvalue weighted by Gasteiger charge is 2.25. The van der Waals surface area contributed by atoms with E-state index >= 15 is 0 Å². The van der Waals surface area contributed by atoms with Gasteiger partial charge in [-0.05, 0) is 57.5 Å². The van der Waals surface area contributed by atoms with Crippen molar-refractivity contribution in [3.8, 4) is 0 Å². The molecule has 10 nitrogen and oxygen atoms in total. The molecule has 0 bridgehead atoms. The van der Waals surface area contributed by atoms with Crippen LogP contribution < -0.4 is 10.6 Å². The number of carbonyl (C=O) groups is 4. The predicted octanol–water partition coefficient (Wildman–Crippen LogP) is 4.47. The summed E-state index contributed by atoms with van der Waals surface area (Å²) in [6.45, 7) is 12.5. The zero-order valence-electron chi connectivity index (χ0n) is 25.7. The number of ether oxygens (including phenoxy) is 4. The summed E-state index contributed by atoms with van der Waals surface area (Å²) in [4.78, 5) is 49.5. The lowest BCUT2D eigenvalue weighted by molar-refractivity contribution is -0.153. The molecular weight excluding hydrogens is 516 g/mol. The highest BCUT2D eigenvalue weighted by Crippen LogP contribution is 2.08. The van der Waals surface area contributed by atoms with E-state index in [-0.39, 0.29) is 18.8 Å². The molecular formula is C30H56N2O8. The average molecular weight is 573 g/mol. The molecule has 0 fully saturated rings. The molecule has 0 heterocycles. The van der Waals surface area contributed by atoms with E-state index in [1.807, 2.05) is 34.6 Å². The van der Waals surface area contributed by atoms with Crippen molar-refractivity contribution in [2.45, 2.75) is 124 Å². The SMILES string of the molecule is CCCCOC(=O)CC(NCCCC(C)CNC(CC(=O)OCCCC)C(=O)OCCCC)C(=O)OCCCC. The molecule has 0 radical (unpaired) electrons. The molecule has 0 amide bonds. The van der Waals surface area contributed by atoms with Crippen molar-refractivity contribution in [3.05, 3.63) is 0 Å². The quantitative estimate of drug-likeness (QED) is 0.0870. The molecule has 0 aliphatic heterocycles. The molecule has 0 rings (SSSR count). The van der Waals surface area contributed by atoms with Crippen molar-refractivity contribution >= 4 is 23.9 Å². The first kappa shape index (κ1) is 37.8. The largest absolute Gasteiger partial charge is 0.466 e. The molecule has 2 N–H and O–H groups in total. The van der Waals surface area contributed by atoms with Crippen molar-refractivity contribution in [1.82, 2.24) is 10.6 Å². The minimum atomic E-state index is -0.757. The number of hydrogen-bond acceptors (Lipinski definition) is 10. The summed E-state index contributed by atoms with van der Waals surface area (Å²) >= 11 is 0. The van der Waals surface area contributed by atoms with Gasteiger partial charge in [0.1, 0.15) is 12.1 Å². The number of rotatable bonds is 26. The minimum Gasteiger partial charge on any atom is -0.466 e. The Bertz CT molecular complexity index is 689. The van der Waals surface area contributed by atoms with Crippen LogP contribution in [0, 0.1) is 5.92 Å². The van der Waals surface area contributed by atoms with Gasteiger partial charge in [0, 0.05) is 0 Å². The van der Waals surface area contributed by atoms with Gasteiger partial charge >= 0.3 is 23.9 Å². The summed E-state index contributed by atoms with van der Waals surface area (Å²) in [6.07, 6.45) is 8.19. The summed E-state index contributed by atoms with van der Waals surface area (Å²) < 4.78 is 21.1. The first-order valence-electron chi connectivity index (χ1n) is 15.4. The van der Waals surface area contributed by atoms with Gasteiger partial charge in [0.15, 0.2) is 0 Å². The molecule has 0 spiro atoms. The Balaban J connectivity index is 4.74. The maximum absolute atomic E-state index is 12.6. The minimum absolute atomic E-state index is 0.0675. The molecule has 3 atom stereocenters. The second-order valence-electron chi connectivity index (χ2n) is 10.3. The van der Waals surface area contributed by atoms with Crippen LogP contribution in [0.5, 0.6) is 0 Å². The second-order valence-corrected chi connectivity index (χ2v) is 10.3. The van der Waals surface area contributed by atoms with Crippen LogP contribution in [0.4, 0.5) is 0 Å². The Hall–Kier alpha value is -2.20. The van der Waals surface area contributed by atoms with E-state index in [1.54, 1.807) is 0 Å². The Morgan fingerprint density at radius 1 is 0.575 bits per heavy atom. The first-order valence-corrected chi connectivity index (χ1v) is 15.4. The molecule has 40 heavy (non-hydrogen) atoms. The fourth-order valence-electron chi connectivity index (χ4n) is 3.60. The fraction of sp³-hybridized carbons (Fsp3) is 0.867. The summed E-state index contributed by atoms with van der Waals surface area (Å²) in [5.74, 6) is -1.52. The van der Waals surface area contributed by atoms with Gasteiger partial charge in [0.25, 0.3) is 0 Å². The zero-order valence-corrected chi connectivity index (χ0v) is 25.7. The highest BCUT2D eigenvalue weighted by molar-refractivity contribution is 5.83. The van der Waals surface area contributed by atoms with Gasteiger partial charge in [-0.1, -0.05) is 60.3 Å².